The molecule has 9 heteroatoms. The van der Waals surface area contributed by atoms with Gasteiger partial charge in [0.2, 0.25) is 5.95 Å². The molecule has 38 heavy (non-hydrogen) atoms. The summed E-state index contributed by atoms with van der Waals surface area (Å²) in [6, 6.07) is 11.0. The van der Waals surface area contributed by atoms with Gasteiger partial charge in [-0.05, 0) is 57.7 Å². The number of nitrogens with zero attached hydrogens (tertiary/aromatic N) is 6. The van der Waals surface area contributed by atoms with Crippen molar-refractivity contribution in [1.29, 1.82) is 0 Å². The molecule has 1 aromatic carbocycles. The number of likely N-dealkylation sites (N-methyl/N-ethyl adjacent to an activating group) is 1. The summed E-state index contributed by atoms with van der Waals surface area (Å²) in [6.07, 6.45) is 8.27. The van der Waals surface area contributed by atoms with E-state index in [4.69, 9.17) is 4.74 Å². The van der Waals surface area contributed by atoms with Crippen LogP contribution in [0.1, 0.15) is 37.7 Å². The van der Waals surface area contributed by atoms with E-state index in [1.807, 2.05) is 17.3 Å². The highest BCUT2D eigenvalue weighted by atomic mass is 16.5. The number of anilines is 2. The van der Waals surface area contributed by atoms with Gasteiger partial charge in [-0.3, -0.25) is 10.2 Å². The third-order valence-electron chi connectivity index (χ3n) is 9.58. The Bertz CT molecular complexity index is 1050. The van der Waals surface area contributed by atoms with Crippen molar-refractivity contribution in [2.24, 2.45) is 5.92 Å². The normalized spacial score (nSPS) is 32.5. The minimum absolute atomic E-state index is 0.00240. The zero-order valence-electron chi connectivity index (χ0n) is 22.9. The average molecular weight is 522 g/mol. The first-order chi connectivity index (χ1) is 18.5. The lowest BCUT2D eigenvalue weighted by Crippen LogP contribution is -2.55. The molecule has 2 atom stereocenters. The Morgan fingerprint density at radius 1 is 1.05 bits per heavy atom. The van der Waals surface area contributed by atoms with Crippen LogP contribution in [0, 0.1) is 5.92 Å². The molecule has 2 N–H and O–H groups in total. The molecule has 3 aliphatic heterocycles. The molecular weight excluding hydrogens is 478 g/mol. The van der Waals surface area contributed by atoms with E-state index in [-0.39, 0.29) is 11.1 Å². The summed E-state index contributed by atoms with van der Waals surface area (Å²) in [6.45, 7) is 7.51. The number of rotatable bonds is 6. The lowest BCUT2D eigenvalue weighted by atomic mass is 9.68. The molecule has 6 rings (SSSR count). The van der Waals surface area contributed by atoms with Gasteiger partial charge in [0.25, 0.3) is 0 Å². The highest BCUT2D eigenvalue weighted by molar-refractivity contribution is 5.48. The minimum atomic E-state index is -0.731. The first-order valence-electron chi connectivity index (χ1n) is 14.3. The van der Waals surface area contributed by atoms with Gasteiger partial charge in [-0.15, -0.1) is 0 Å². The molecule has 1 aromatic heterocycles. The molecule has 2 unspecified atom stereocenters. The van der Waals surface area contributed by atoms with Crippen molar-refractivity contribution in [3.63, 3.8) is 0 Å². The van der Waals surface area contributed by atoms with Crippen molar-refractivity contribution < 1.29 is 9.84 Å². The highest BCUT2D eigenvalue weighted by Crippen LogP contribution is 2.47. The fourth-order valence-electron chi connectivity index (χ4n) is 7.05. The fourth-order valence-corrected chi connectivity index (χ4v) is 7.05. The maximum Gasteiger partial charge on any atom is 0.225 e. The van der Waals surface area contributed by atoms with Crippen LogP contribution in [0.3, 0.4) is 0 Å². The number of hydrogen-bond donors (Lipinski definition) is 2. The summed E-state index contributed by atoms with van der Waals surface area (Å²) >= 11 is 0. The van der Waals surface area contributed by atoms with Gasteiger partial charge in [0, 0.05) is 57.0 Å². The summed E-state index contributed by atoms with van der Waals surface area (Å²) in [5.74, 6) is 1.38. The quantitative estimate of drug-likeness (QED) is 0.594. The summed E-state index contributed by atoms with van der Waals surface area (Å²) < 4.78 is 5.69. The zero-order chi connectivity index (χ0) is 26.2. The van der Waals surface area contributed by atoms with E-state index in [9.17, 15) is 5.11 Å². The van der Waals surface area contributed by atoms with Crippen LogP contribution in [-0.2, 0) is 10.3 Å². The molecular formula is C29H43N7O2. The summed E-state index contributed by atoms with van der Waals surface area (Å²) in [5, 5.41) is 14.6. The second-order valence-corrected chi connectivity index (χ2v) is 12.0. The summed E-state index contributed by atoms with van der Waals surface area (Å²) in [5.41, 5.74) is 2.16. The van der Waals surface area contributed by atoms with Gasteiger partial charge in [0.15, 0.2) is 6.35 Å². The smallest absolute Gasteiger partial charge is 0.225 e. The second kappa shape index (κ2) is 10.7. The minimum Gasteiger partial charge on any atom is -0.381 e. The molecule has 3 saturated heterocycles. The van der Waals surface area contributed by atoms with Gasteiger partial charge >= 0.3 is 0 Å². The molecule has 206 valence electrons. The van der Waals surface area contributed by atoms with Crippen LogP contribution < -0.4 is 15.1 Å². The molecule has 4 aliphatic rings. The van der Waals surface area contributed by atoms with Gasteiger partial charge in [-0.1, -0.05) is 30.3 Å². The van der Waals surface area contributed by atoms with Crippen molar-refractivity contribution in [2.75, 3.05) is 76.4 Å². The maximum atomic E-state index is 11.1. The molecule has 9 nitrogen and oxygen atoms in total. The lowest BCUT2D eigenvalue weighted by molar-refractivity contribution is 0.0241. The average Bonchev–Trinajstić information content (AvgIpc) is 3.58. The monoisotopic (exact) mass is 521 g/mol. The Morgan fingerprint density at radius 2 is 1.76 bits per heavy atom. The third kappa shape index (κ3) is 5.02. The van der Waals surface area contributed by atoms with Crippen LogP contribution in [-0.4, -0.2) is 103 Å². The van der Waals surface area contributed by atoms with Crippen LogP contribution in [0.4, 0.5) is 11.6 Å². The standard InChI is InChI=1S/C29H43N7O2/c1-33-13-15-35(16-14-33)26-30-18-25(19-31-26)36-22-28(32-27(36)37)9-11-29(12-10-28,24-6-4-3-5-7-24)34(2)20-23-8-17-38-21-23/h3-7,18-19,23,27,32,37H,8-17,20-22H2,1-2H3/t23?,27?,28-,29+. The number of aliphatic hydroxyl groups is 1. The van der Waals surface area contributed by atoms with Crippen molar-refractivity contribution in [3.05, 3.63) is 48.3 Å². The first kappa shape index (κ1) is 26.0. The topological polar surface area (TPSA) is 80.2 Å². The zero-order valence-corrected chi connectivity index (χ0v) is 22.9. The fraction of sp³-hybridized carbons (Fsp3) is 0.655. The van der Waals surface area contributed by atoms with E-state index in [1.54, 1.807) is 0 Å². The van der Waals surface area contributed by atoms with Crippen molar-refractivity contribution in [3.8, 4) is 0 Å². The number of hydrogen-bond acceptors (Lipinski definition) is 9. The van der Waals surface area contributed by atoms with E-state index in [2.05, 4.69) is 74.4 Å². The van der Waals surface area contributed by atoms with Crippen molar-refractivity contribution in [1.82, 2.24) is 25.1 Å². The Hall–Kier alpha value is -2.30. The van der Waals surface area contributed by atoms with E-state index in [1.165, 1.54) is 5.56 Å². The van der Waals surface area contributed by atoms with Crippen LogP contribution in [0.15, 0.2) is 42.7 Å². The van der Waals surface area contributed by atoms with E-state index in [0.717, 1.165) is 96.2 Å². The Labute approximate surface area is 226 Å². The first-order valence-corrected chi connectivity index (χ1v) is 14.3. The van der Waals surface area contributed by atoms with Crippen molar-refractivity contribution >= 4 is 11.6 Å². The number of nitrogens with one attached hydrogen (secondary N) is 1. The molecule has 1 aliphatic carbocycles. The van der Waals surface area contributed by atoms with Gasteiger partial charge < -0.3 is 24.5 Å². The highest BCUT2D eigenvalue weighted by Gasteiger charge is 2.51. The molecule has 0 amide bonds. The van der Waals surface area contributed by atoms with E-state index >= 15 is 0 Å². The Morgan fingerprint density at radius 3 is 2.42 bits per heavy atom. The maximum absolute atomic E-state index is 11.1. The van der Waals surface area contributed by atoms with Crippen LogP contribution in [0.2, 0.25) is 0 Å². The van der Waals surface area contributed by atoms with Gasteiger partial charge in [0.05, 0.1) is 24.7 Å². The predicted molar refractivity (Wildman–Crippen MR) is 149 cm³/mol. The molecule has 0 bridgehead atoms. The second-order valence-electron chi connectivity index (χ2n) is 12.0. The number of ether oxygens (including phenoxy) is 1. The van der Waals surface area contributed by atoms with E-state index in [0.29, 0.717) is 5.92 Å². The summed E-state index contributed by atoms with van der Waals surface area (Å²) in [4.78, 5) is 18.5. The SMILES string of the molecule is CN1CCN(c2ncc(N3C[C@]4(CC[C@](c5ccccc5)(N(C)CC5CCOC5)CC4)NC3O)cn2)CC1. The van der Waals surface area contributed by atoms with Crippen LogP contribution in [0.5, 0.6) is 0 Å². The van der Waals surface area contributed by atoms with Gasteiger partial charge in [0.1, 0.15) is 0 Å². The number of benzene rings is 1. The molecule has 2 aromatic rings. The van der Waals surface area contributed by atoms with Crippen LogP contribution in [0.25, 0.3) is 0 Å². The summed E-state index contributed by atoms with van der Waals surface area (Å²) in [7, 11) is 4.45. The molecule has 0 radical (unpaired) electrons. The Kier molecular flexibility index (Phi) is 7.30. The number of aromatic nitrogens is 2. The lowest BCUT2D eigenvalue weighted by Gasteiger charge is -2.50. The molecule has 4 fully saturated rings. The third-order valence-corrected chi connectivity index (χ3v) is 9.58. The Balaban J connectivity index is 1.15. The van der Waals surface area contributed by atoms with Gasteiger partial charge in [-0.2, -0.15) is 0 Å². The van der Waals surface area contributed by atoms with Crippen LogP contribution >= 0.6 is 0 Å². The molecule has 1 saturated carbocycles. The molecule has 4 heterocycles. The largest absolute Gasteiger partial charge is 0.381 e. The predicted octanol–water partition coefficient (Wildman–Crippen LogP) is 2.09. The van der Waals surface area contributed by atoms with E-state index < -0.39 is 6.35 Å². The van der Waals surface area contributed by atoms with Crippen molar-refractivity contribution in [2.45, 2.75) is 49.5 Å². The number of aliphatic hydroxyl groups excluding tert-OH is 1. The molecule has 1 spiro atoms. The van der Waals surface area contributed by atoms with Gasteiger partial charge in [-0.25, -0.2) is 9.97 Å². The number of piperazine rings is 1.